The van der Waals surface area contributed by atoms with Crippen molar-refractivity contribution in [3.05, 3.63) is 72.1 Å². The fourth-order valence-corrected chi connectivity index (χ4v) is 2.77. The van der Waals surface area contributed by atoms with Crippen molar-refractivity contribution in [3.8, 4) is 11.4 Å². The van der Waals surface area contributed by atoms with Crippen LogP contribution in [0.2, 0.25) is 0 Å². The van der Waals surface area contributed by atoms with Gasteiger partial charge in [0.15, 0.2) is 5.82 Å². The maximum Gasteiger partial charge on any atom is 0.261 e. The highest BCUT2D eigenvalue weighted by Crippen LogP contribution is 2.22. The van der Waals surface area contributed by atoms with E-state index in [0.717, 1.165) is 5.56 Å². The average Bonchev–Trinajstić information content (AvgIpc) is 3.19. The Labute approximate surface area is 138 Å². The molecule has 0 atom stereocenters. The number of rotatable bonds is 4. The number of amides is 2. The molecule has 4 rings (SSSR count). The number of benzene rings is 2. The second kappa shape index (κ2) is 5.73. The van der Waals surface area contributed by atoms with Crippen LogP contribution in [0.3, 0.4) is 0 Å². The number of carbonyl (C=O) groups excluding carboxylic acids is 2. The molecule has 0 fully saturated rings. The molecule has 2 amide bonds. The molecule has 1 aromatic heterocycles. The van der Waals surface area contributed by atoms with Gasteiger partial charge < -0.3 is 0 Å². The van der Waals surface area contributed by atoms with E-state index in [2.05, 4.69) is 10.1 Å². The van der Waals surface area contributed by atoms with E-state index in [1.807, 2.05) is 30.3 Å². The summed E-state index contributed by atoms with van der Waals surface area (Å²) in [7, 11) is 0. The third-order valence-electron chi connectivity index (χ3n) is 4.00. The van der Waals surface area contributed by atoms with Gasteiger partial charge in [-0.3, -0.25) is 19.2 Å². The zero-order chi connectivity index (χ0) is 16.5. The highest BCUT2D eigenvalue weighted by Gasteiger charge is 2.34. The number of aromatic nitrogens is 3. The summed E-state index contributed by atoms with van der Waals surface area (Å²) in [6.45, 7) is 0.676. The van der Waals surface area contributed by atoms with Crippen LogP contribution in [0.5, 0.6) is 0 Å². The van der Waals surface area contributed by atoms with Crippen molar-refractivity contribution in [2.75, 3.05) is 6.54 Å². The van der Waals surface area contributed by atoms with Gasteiger partial charge >= 0.3 is 0 Å². The minimum Gasteiger partial charge on any atom is -0.272 e. The molecule has 3 aromatic rings. The van der Waals surface area contributed by atoms with Gasteiger partial charge in [0.1, 0.15) is 6.33 Å². The van der Waals surface area contributed by atoms with Gasteiger partial charge in [-0.15, -0.1) is 0 Å². The van der Waals surface area contributed by atoms with E-state index in [9.17, 15) is 9.59 Å². The van der Waals surface area contributed by atoms with E-state index < -0.39 is 0 Å². The minimum atomic E-state index is -0.251. The molecule has 0 spiro atoms. The fraction of sp³-hybridized carbons (Fsp3) is 0.111. The van der Waals surface area contributed by atoms with Crippen LogP contribution in [-0.4, -0.2) is 38.0 Å². The molecule has 1 aliphatic rings. The van der Waals surface area contributed by atoms with E-state index in [0.29, 0.717) is 23.5 Å². The second-order valence-corrected chi connectivity index (χ2v) is 5.50. The summed E-state index contributed by atoms with van der Waals surface area (Å²) in [6, 6.07) is 16.5. The van der Waals surface area contributed by atoms with Gasteiger partial charge in [-0.05, 0) is 12.1 Å². The van der Waals surface area contributed by atoms with Crippen LogP contribution in [0.25, 0.3) is 11.4 Å². The molecule has 0 saturated carbocycles. The van der Waals surface area contributed by atoms with Crippen LogP contribution in [0.4, 0.5) is 0 Å². The summed E-state index contributed by atoms with van der Waals surface area (Å²) in [5.41, 5.74) is 1.86. The maximum absolute atomic E-state index is 12.3. The smallest absolute Gasteiger partial charge is 0.261 e. The number of carbonyl (C=O) groups is 2. The third-order valence-corrected chi connectivity index (χ3v) is 4.00. The Kier molecular flexibility index (Phi) is 3.42. The standard InChI is InChI=1S/C18H14N4O2/c23-17-14-8-4-5-9-15(14)18(24)22(17)11-10-21-12-19-16(20-21)13-6-2-1-3-7-13/h1-9,12H,10-11H2. The van der Waals surface area contributed by atoms with Gasteiger partial charge in [-0.2, -0.15) is 5.10 Å². The monoisotopic (exact) mass is 318 g/mol. The van der Waals surface area contributed by atoms with Crippen molar-refractivity contribution >= 4 is 11.8 Å². The zero-order valence-corrected chi connectivity index (χ0v) is 12.8. The predicted molar refractivity (Wildman–Crippen MR) is 87.3 cm³/mol. The zero-order valence-electron chi connectivity index (χ0n) is 12.8. The molecule has 24 heavy (non-hydrogen) atoms. The lowest BCUT2D eigenvalue weighted by atomic mass is 10.1. The Morgan fingerprint density at radius 3 is 2.08 bits per heavy atom. The second-order valence-electron chi connectivity index (χ2n) is 5.50. The normalized spacial score (nSPS) is 13.4. The van der Waals surface area contributed by atoms with Crippen LogP contribution in [0.1, 0.15) is 20.7 Å². The fourth-order valence-electron chi connectivity index (χ4n) is 2.77. The lowest BCUT2D eigenvalue weighted by Gasteiger charge is -2.13. The third kappa shape index (κ3) is 2.38. The van der Waals surface area contributed by atoms with Crippen molar-refractivity contribution in [1.82, 2.24) is 19.7 Å². The van der Waals surface area contributed by atoms with E-state index in [1.165, 1.54) is 4.90 Å². The maximum atomic E-state index is 12.3. The van der Waals surface area contributed by atoms with Gasteiger partial charge in [-0.1, -0.05) is 42.5 Å². The highest BCUT2D eigenvalue weighted by atomic mass is 16.2. The van der Waals surface area contributed by atoms with Gasteiger partial charge in [0.05, 0.1) is 17.7 Å². The molecular formula is C18H14N4O2. The number of hydrogen-bond donors (Lipinski definition) is 0. The molecule has 1 aliphatic heterocycles. The Bertz CT molecular complexity index is 883. The van der Waals surface area contributed by atoms with Crippen molar-refractivity contribution in [1.29, 1.82) is 0 Å². The number of imide groups is 1. The van der Waals surface area contributed by atoms with E-state index >= 15 is 0 Å². The SMILES string of the molecule is O=C1c2ccccc2C(=O)N1CCn1cnc(-c2ccccc2)n1. The van der Waals surface area contributed by atoms with Crippen molar-refractivity contribution < 1.29 is 9.59 Å². The molecule has 0 unspecified atom stereocenters. The van der Waals surface area contributed by atoms with Crippen LogP contribution in [0.15, 0.2) is 60.9 Å². The number of nitrogens with zero attached hydrogens (tertiary/aromatic N) is 4. The van der Waals surface area contributed by atoms with E-state index in [1.54, 1.807) is 35.3 Å². The first-order valence-corrected chi connectivity index (χ1v) is 7.64. The highest BCUT2D eigenvalue weighted by molar-refractivity contribution is 6.21. The molecule has 0 radical (unpaired) electrons. The van der Waals surface area contributed by atoms with Crippen LogP contribution in [0, 0.1) is 0 Å². The molecule has 0 saturated heterocycles. The largest absolute Gasteiger partial charge is 0.272 e. The lowest BCUT2D eigenvalue weighted by molar-refractivity contribution is 0.0647. The van der Waals surface area contributed by atoms with Crippen molar-refractivity contribution in [3.63, 3.8) is 0 Å². The van der Waals surface area contributed by atoms with E-state index in [-0.39, 0.29) is 18.4 Å². The summed E-state index contributed by atoms with van der Waals surface area (Å²) in [5, 5.41) is 4.40. The van der Waals surface area contributed by atoms with Gasteiger partial charge in [0.25, 0.3) is 11.8 Å². The van der Waals surface area contributed by atoms with Gasteiger partial charge in [0.2, 0.25) is 0 Å². The molecule has 0 N–H and O–H groups in total. The predicted octanol–water partition coefficient (Wildman–Crippen LogP) is 2.24. The quantitative estimate of drug-likeness (QED) is 0.692. The first-order chi connectivity index (χ1) is 11.7. The van der Waals surface area contributed by atoms with Gasteiger partial charge in [-0.25, -0.2) is 4.98 Å². The number of fused-ring (bicyclic) bond motifs is 1. The minimum absolute atomic E-state index is 0.251. The molecule has 6 nitrogen and oxygen atoms in total. The van der Waals surface area contributed by atoms with Crippen molar-refractivity contribution in [2.24, 2.45) is 0 Å². The summed E-state index contributed by atoms with van der Waals surface area (Å²) in [4.78, 5) is 30.2. The average molecular weight is 318 g/mol. The Balaban J connectivity index is 1.48. The molecule has 0 bridgehead atoms. The number of hydrogen-bond acceptors (Lipinski definition) is 4. The first-order valence-electron chi connectivity index (χ1n) is 7.64. The Hall–Kier alpha value is -3.28. The Morgan fingerprint density at radius 1 is 0.792 bits per heavy atom. The molecule has 2 aromatic carbocycles. The van der Waals surface area contributed by atoms with Crippen LogP contribution >= 0.6 is 0 Å². The summed E-state index contributed by atoms with van der Waals surface area (Å²) in [5.74, 6) is 0.121. The molecule has 2 heterocycles. The van der Waals surface area contributed by atoms with Crippen LogP contribution < -0.4 is 0 Å². The molecule has 0 aliphatic carbocycles. The van der Waals surface area contributed by atoms with E-state index in [4.69, 9.17) is 0 Å². The molecule has 6 heteroatoms. The van der Waals surface area contributed by atoms with Crippen molar-refractivity contribution in [2.45, 2.75) is 6.54 Å². The first kappa shape index (κ1) is 14.3. The molecule has 118 valence electrons. The van der Waals surface area contributed by atoms with Gasteiger partial charge in [0, 0.05) is 12.1 Å². The van der Waals surface area contributed by atoms with Crippen LogP contribution in [-0.2, 0) is 6.54 Å². The summed E-state index contributed by atoms with van der Waals surface area (Å²) >= 11 is 0. The summed E-state index contributed by atoms with van der Waals surface area (Å²) < 4.78 is 1.64. The summed E-state index contributed by atoms with van der Waals surface area (Å²) in [6.07, 6.45) is 1.61. The molecular weight excluding hydrogens is 304 g/mol. The topological polar surface area (TPSA) is 68.1 Å². The Morgan fingerprint density at radius 2 is 1.42 bits per heavy atom. The lowest BCUT2D eigenvalue weighted by Crippen LogP contribution is -2.33.